The zero-order valence-electron chi connectivity index (χ0n) is 9.74. The molecule has 0 saturated heterocycles. The van der Waals surface area contributed by atoms with Crippen LogP contribution in [0.2, 0.25) is 0 Å². The lowest BCUT2D eigenvalue weighted by Crippen LogP contribution is -1.84. The van der Waals surface area contributed by atoms with Gasteiger partial charge in [-0.3, -0.25) is 4.68 Å². The van der Waals surface area contributed by atoms with Crippen molar-refractivity contribution in [2.24, 2.45) is 7.05 Å². The molecule has 0 radical (unpaired) electrons. The van der Waals surface area contributed by atoms with Gasteiger partial charge < -0.3 is 0 Å². The molecule has 0 amide bonds. The number of halogens is 1. The molecule has 0 aliphatic rings. The van der Waals surface area contributed by atoms with Crippen molar-refractivity contribution < 1.29 is 2.74 Å². The van der Waals surface area contributed by atoms with E-state index in [1.807, 2.05) is 31.4 Å². The van der Waals surface area contributed by atoms with Crippen molar-refractivity contribution >= 4 is 15.9 Å². The van der Waals surface area contributed by atoms with E-state index in [9.17, 15) is 0 Å². The summed E-state index contributed by atoms with van der Waals surface area (Å²) in [5.74, 6) is 0. The number of benzene rings is 1. The quantitative estimate of drug-likeness (QED) is 0.752. The van der Waals surface area contributed by atoms with Gasteiger partial charge in [0, 0.05) is 26.8 Å². The molecule has 14 heavy (non-hydrogen) atoms. The summed E-state index contributed by atoms with van der Waals surface area (Å²) in [4.78, 5) is 0. The average Bonchev–Trinajstić information content (AvgIpc) is 2.64. The Balaban J connectivity index is 2.44. The minimum atomic E-state index is -1.49. The van der Waals surface area contributed by atoms with Gasteiger partial charge in [-0.1, -0.05) is 40.2 Å². The van der Waals surface area contributed by atoms with Gasteiger partial charge in [0.15, 0.2) is 0 Å². The molecule has 0 aliphatic carbocycles. The standard InChI is InChI=1S/C11H11BrN2/c1-14-8-11(7-13-14)10-4-2-3-9(5-10)6-12/h2-5,7-8H,6H2,1H3/i6D2. The van der Waals surface area contributed by atoms with Crippen LogP contribution in [-0.4, -0.2) is 9.78 Å². The molecule has 3 heteroatoms. The van der Waals surface area contributed by atoms with E-state index in [-0.39, 0.29) is 0 Å². The van der Waals surface area contributed by atoms with Crippen LogP contribution in [-0.2, 0) is 12.3 Å². The number of hydrogen-bond donors (Lipinski definition) is 0. The molecule has 0 aliphatic heterocycles. The highest BCUT2D eigenvalue weighted by atomic mass is 79.9. The van der Waals surface area contributed by atoms with Crippen LogP contribution in [0.4, 0.5) is 0 Å². The highest BCUT2D eigenvalue weighted by Gasteiger charge is 2.00. The van der Waals surface area contributed by atoms with Crippen LogP contribution in [0.1, 0.15) is 8.30 Å². The van der Waals surface area contributed by atoms with E-state index in [0.717, 1.165) is 11.1 Å². The Labute approximate surface area is 94.5 Å². The van der Waals surface area contributed by atoms with E-state index in [1.165, 1.54) is 0 Å². The van der Waals surface area contributed by atoms with Crippen LogP contribution in [0, 0.1) is 0 Å². The van der Waals surface area contributed by atoms with Gasteiger partial charge in [-0.05, 0) is 11.1 Å². The van der Waals surface area contributed by atoms with Crippen LogP contribution in [0.25, 0.3) is 11.1 Å². The molecular formula is C11H11BrN2. The van der Waals surface area contributed by atoms with Gasteiger partial charge in [0.25, 0.3) is 0 Å². The van der Waals surface area contributed by atoms with Crippen molar-refractivity contribution in [3.63, 3.8) is 0 Å². The van der Waals surface area contributed by atoms with Crippen molar-refractivity contribution in [3.05, 3.63) is 42.2 Å². The first-order valence-corrected chi connectivity index (χ1v) is 5.04. The van der Waals surface area contributed by atoms with Crippen LogP contribution in [0.3, 0.4) is 0 Å². The van der Waals surface area contributed by atoms with Gasteiger partial charge >= 0.3 is 0 Å². The van der Waals surface area contributed by atoms with Crippen molar-refractivity contribution in [3.8, 4) is 11.1 Å². The molecule has 0 spiro atoms. The van der Waals surface area contributed by atoms with Gasteiger partial charge in [-0.15, -0.1) is 0 Å². The minimum absolute atomic E-state index is 0.605. The lowest BCUT2D eigenvalue weighted by molar-refractivity contribution is 0.768. The molecule has 0 atom stereocenters. The van der Waals surface area contributed by atoms with Crippen molar-refractivity contribution in [2.75, 3.05) is 0 Å². The third kappa shape index (κ3) is 1.87. The largest absolute Gasteiger partial charge is 0.275 e. The van der Waals surface area contributed by atoms with E-state index >= 15 is 0 Å². The normalized spacial score (nSPS) is 13.6. The highest BCUT2D eigenvalue weighted by molar-refractivity contribution is 9.08. The summed E-state index contributed by atoms with van der Waals surface area (Å²) in [6.07, 6.45) is 3.67. The number of rotatable bonds is 2. The third-order valence-corrected chi connectivity index (χ3v) is 2.47. The lowest BCUT2D eigenvalue weighted by atomic mass is 10.1. The van der Waals surface area contributed by atoms with Crippen molar-refractivity contribution in [1.82, 2.24) is 9.78 Å². The van der Waals surface area contributed by atoms with Crippen LogP contribution in [0.5, 0.6) is 0 Å². The fourth-order valence-corrected chi connectivity index (χ4v) is 1.57. The molecular weight excluding hydrogens is 240 g/mol. The summed E-state index contributed by atoms with van der Waals surface area (Å²) in [5.41, 5.74) is 2.56. The van der Waals surface area contributed by atoms with Crippen LogP contribution < -0.4 is 0 Å². The first kappa shape index (κ1) is 7.23. The Hall–Kier alpha value is -1.09. The smallest absolute Gasteiger partial charge is 0.0568 e. The van der Waals surface area contributed by atoms with Gasteiger partial charge in [0.2, 0.25) is 0 Å². The third-order valence-electron chi connectivity index (χ3n) is 2.01. The molecule has 1 aromatic carbocycles. The van der Waals surface area contributed by atoms with E-state index in [1.54, 1.807) is 16.9 Å². The monoisotopic (exact) mass is 252 g/mol. The Kier molecular flexibility index (Phi) is 2.05. The Morgan fingerprint density at radius 3 is 3.00 bits per heavy atom. The number of alkyl halides is 1. The van der Waals surface area contributed by atoms with E-state index in [2.05, 4.69) is 21.0 Å². The summed E-state index contributed by atoms with van der Waals surface area (Å²) < 4.78 is 16.9. The Bertz CT molecular complexity index is 503. The van der Waals surface area contributed by atoms with Gasteiger partial charge in [0.05, 0.1) is 6.20 Å². The molecule has 2 rings (SSSR count). The average molecular weight is 253 g/mol. The predicted octanol–water partition coefficient (Wildman–Crippen LogP) is 2.98. The van der Waals surface area contributed by atoms with E-state index in [0.29, 0.717) is 5.56 Å². The summed E-state index contributed by atoms with van der Waals surface area (Å²) >= 11 is 3.01. The molecule has 0 bridgehead atoms. The zero-order valence-corrected chi connectivity index (χ0v) is 9.32. The molecule has 0 fully saturated rings. The fourth-order valence-electron chi connectivity index (χ4n) is 1.33. The molecule has 72 valence electrons. The zero-order chi connectivity index (χ0) is 11.8. The Morgan fingerprint density at radius 2 is 2.36 bits per heavy atom. The summed E-state index contributed by atoms with van der Waals surface area (Å²) in [5, 5.41) is 2.60. The first-order chi connectivity index (χ1) is 7.47. The molecule has 2 aromatic rings. The second-order valence-electron chi connectivity index (χ2n) is 3.08. The van der Waals surface area contributed by atoms with E-state index < -0.39 is 5.28 Å². The summed E-state index contributed by atoms with van der Waals surface area (Å²) in [6, 6.07) is 7.37. The number of hydrogen-bond acceptors (Lipinski definition) is 1. The van der Waals surface area contributed by atoms with Crippen molar-refractivity contribution in [2.45, 2.75) is 5.28 Å². The van der Waals surface area contributed by atoms with Gasteiger partial charge in [-0.2, -0.15) is 5.10 Å². The SMILES string of the molecule is [2H]C([2H])(Br)c1cccc(-c2cnn(C)c2)c1. The van der Waals surface area contributed by atoms with Gasteiger partial charge in [0.1, 0.15) is 0 Å². The molecule has 0 unspecified atom stereocenters. The van der Waals surface area contributed by atoms with Crippen LogP contribution >= 0.6 is 15.9 Å². The topological polar surface area (TPSA) is 17.8 Å². The second-order valence-corrected chi connectivity index (χ2v) is 3.47. The molecule has 0 N–H and O–H groups in total. The maximum Gasteiger partial charge on any atom is 0.0568 e. The molecule has 1 aromatic heterocycles. The first-order valence-electron chi connectivity index (χ1n) is 5.25. The number of aryl methyl sites for hydroxylation is 1. The highest BCUT2D eigenvalue weighted by Crippen LogP contribution is 2.20. The lowest BCUT2D eigenvalue weighted by Gasteiger charge is -1.99. The summed E-state index contributed by atoms with van der Waals surface area (Å²) in [6.45, 7) is 0. The fraction of sp³-hybridized carbons (Fsp3) is 0.182. The van der Waals surface area contributed by atoms with Gasteiger partial charge in [-0.25, -0.2) is 0 Å². The van der Waals surface area contributed by atoms with Crippen LogP contribution in [0.15, 0.2) is 36.7 Å². The molecule has 0 saturated carbocycles. The second kappa shape index (κ2) is 3.96. The predicted molar refractivity (Wildman–Crippen MR) is 61.3 cm³/mol. The maximum absolute atomic E-state index is 7.60. The van der Waals surface area contributed by atoms with E-state index in [4.69, 9.17) is 2.74 Å². The number of nitrogens with zero attached hydrogens (tertiary/aromatic N) is 2. The summed E-state index contributed by atoms with van der Waals surface area (Å²) in [7, 11) is 1.86. The van der Waals surface area contributed by atoms with Crippen molar-refractivity contribution in [1.29, 1.82) is 0 Å². The Morgan fingerprint density at radius 1 is 1.50 bits per heavy atom. The maximum atomic E-state index is 7.60. The number of aromatic nitrogens is 2. The minimum Gasteiger partial charge on any atom is -0.275 e. The molecule has 2 nitrogen and oxygen atoms in total. The molecule has 1 heterocycles.